The fourth-order valence-corrected chi connectivity index (χ4v) is 1.92. The molecule has 0 aromatic carbocycles. The lowest BCUT2D eigenvalue weighted by atomic mass is 10.2. The lowest BCUT2D eigenvalue weighted by Gasteiger charge is -2.07. The molecule has 0 aliphatic rings. The molecule has 0 saturated carbocycles. The molecule has 6 heteroatoms. The number of hydrogen-bond acceptors (Lipinski definition) is 4. The molecule has 0 spiro atoms. The number of imidazole rings is 1. The highest BCUT2D eigenvalue weighted by molar-refractivity contribution is 6.30. The van der Waals surface area contributed by atoms with E-state index >= 15 is 0 Å². The molecule has 0 amide bonds. The number of rotatable bonds is 3. The molecule has 90 valence electrons. The summed E-state index contributed by atoms with van der Waals surface area (Å²) in [5.41, 5.74) is 3.47. The number of halogens is 1. The molecule has 0 aliphatic carbocycles. The van der Waals surface area contributed by atoms with Crippen molar-refractivity contribution < 1.29 is 0 Å². The highest BCUT2D eigenvalue weighted by Crippen LogP contribution is 2.22. The first-order valence-electron chi connectivity index (χ1n) is 5.45. The zero-order valence-electron chi connectivity index (χ0n) is 9.39. The molecule has 0 aliphatic heterocycles. The van der Waals surface area contributed by atoms with Gasteiger partial charge in [0.15, 0.2) is 5.65 Å². The van der Waals surface area contributed by atoms with Crippen LogP contribution in [0.2, 0.25) is 5.15 Å². The van der Waals surface area contributed by atoms with Crippen molar-refractivity contribution in [3.05, 3.63) is 47.6 Å². The summed E-state index contributed by atoms with van der Waals surface area (Å²) < 4.78 is 0. The van der Waals surface area contributed by atoms with Crippen LogP contribution in [0.3, 0.4) is 0 Å². The third kappa shape index (κ3) is 2.12. The molecular weight excluding hydrogens is 250 g/mol. The van der Waals surface area contributed by atoms with Crippen LogP contribution in [-0.2, 0) is 6.54 Å². The number of nitrogens with zero attached hydrogens (tertiary/aromatic N) is 3. The van der Waals surface area contributed by atoms with Crippen LogP contribution in [0.5, 0.6) is 0 Å². The maximum absolute atomic E-state index is 5.95. The molecule has 0 fully saturated rings. The summed E-state index contributed by atoms with van der Waals surface area (Å²) in [6, 6.07) is 5.68. The second kappa shape index (κ2) is 4.62. The Balaban J connectivity index is 1.88. The molecule has 0 unspecified atom stereocenters. The van der Waals surface area contributed by atoms with Gasteiger partial charge in [0, 0.05) is 25.0 Å². The van der Waals surface area contributed by atoms with Crippen LogP contribution in [0.15, 0.2) is 36.9 Å². The summed E-state index contributed by atoms with van der Waals surface area (Å²) >= 11 is 5.95. The predicted octanol–water partition coefficient (Wildman–Crippen LogP) is 2.62. The van der Waals surface area contributed by atoms with Gasteiger partial charge in [-0.05, 0) is 17.7 Å². The van der Waals surface area contributed by atoms with E-state index < -0.39 is 0 Å². The maximum atomic E-state index is 5.95. The van der Waals surface area contributed by atoms with Crippen molar-refractivity contribution in [1.82, 2.24) is 19.9 Å². The number of hydrogen-bond donors (Lipinski definition) is 2. The minimum Gasteiger partial charge on any atom is -0.379 e. The topological polar surface area (TPSA) is 66.5 Å². The zero-order chi connectivity index (χ0) is 12.4. The standard InChI is InChI=1S/C12H10ClN5/c13-10-5-9(11-12(18-10)17-7-16-11)15-6-8-1-3-14-4-2-8/h1-5,7H,6H2,(H2,15,16,17,18). The Bertz CT molecular complexity index is 665. The first-order valence-corrected chi connectivity index (χ1v) is 5.83. The fraction of sp³-hybridized carbons (Fsp3) is 0.0833. The minimum atomic E-state index is 0.434. The molecular formula is C12H10ClN5. The Morgan fingerprint density at radius 3 is 2.94 bits per heavy atom. The first-order chi connectivity index (χ1) is 8.83. The predicted molar refractivity (Wildman–Crippen MR) is 70.5 cm³/mol. The van der Waals surface area contributed by atoms with E-state index in [2.05, 4.69) is 25.3 Å². The van der Waals surface area contributed by atoms with Crippen molar-refractivity contribution in [3.8, 4) is 0 Å². The third-order valence-electron chi connectivity index (χ3n) is 2.59. The third-order valence-corrected chi connectivity index (χ3v) is 2.78. The van der Waals surface area contributed by atoms with Crippen LogP contribution < -0.4 is 5.32 Å². The fourth-order valence-electron chi connectivity index (χ4n) is 1.73. The van der Waals surface area contributed by atoms with Crippen LogP contribution in [0.25, 0.3) is 11.2 Å². The summed E-state index contributed by atoms with van der Waals surface area (Å²) in [6.07, 6.45) is 5.13. The average Bonchev–Trinajstić information content (AvgIpc) is 2.85. The van der Waals surface area contributed by atoms with E-state index in [-0.39, 0.29) is 0 Å². The molecule has 0 radical (unpaired) electrons. The summed E-state index contributed by atoms with van der Waals surface area (Å²) in [4.78, 5) is 15.3. The Labute approximate surface area is 108 Å². The molecule has 0 saturated heterocycles. The largest absolute Gasteiger partial charge is 0.379 e. The summed E-state index contributed by atoms with van der Waals surface area (Å²) in [5, 5.41) is 3.73. The van der Waals surface area contributed by atoms with Gasteiger partial charge < -0.3 is 10.3 Å². The number of pyridine rings is 2. The number of nitrogens with one attached hydrogen (secondary N) is 2. The van der Waals surface area contributed by atoms with E-state index in [1.54, 1.807) is 24.8 Å². The minimum absolute atomic E-state index is 0.434. The van der Waals surface area contributed by atoms with Gasteiger partial charge in [0.2, 0.25) is 0 Å². The van der Waals surface area contributed by atoms with E-state index in [4.69, 9.17) is 11.6 Å². The normalized spacial score (nSPS) is 10.7. The molecule has 5 nitrogen and oxygen atoms in total. The quantitative estimate of drug-likeness (QED) is 0.710. The summed E-state index contributed by atoms with van der Waals surface area (Å²) in [7, 11) is 0. The first kappa shape index (κ1) is 11.0. The monoisotopic (exact) mass is 259 g/mol. The molecule has 3 rings (SSSR count). The SMILES string of the molecule is Clc1cc(NCc2ccncc2)c2nc[nH]c2n1. The zero-order valence-corrected chi connectivity index (χ0v) is 10.1. The van der Waals surface area contributed by atoms with Crippen LogP contribution in [-0.4, -0.2) is 19.9 Å². The van der Waals surface area contributed by atoms with Gasteiger partial charge in [-0.1, -0.05) is 11.6 Å². The van der Waals surface area contributed by atoms with Gasteiger partial charge in [-0.3, -0.25) is 4.98 Å². The molecule has 3 aromatic rings. The number of aromatic amines is 1. The number of H-pyrrole nitrogens is 1. The smallest absolute Gasteiger partial charge is 0.161 e. The van der Waals surface area contributed by atoms with Crippen LogP contribution >= 0.6 is 11.6 Å². The van der Waals surface area contributed by atoms with Crippen molar-refractivity contribution in [1.29, 1.82) is 0 Å². The highest BCUT2D eigenvalue weighted by atomic mass is 35.5. The van der Waals surface area contributed by atoms with Crippen molar-refractivity contribution >= 4 is 28.5 Å². The lowest BCUT2D eigenvalue weighted by Crippen LogP contribution is -2.00. The Morgan fingerprint density at radius 1 is 1.28 bits per heavy atom. The van der Waals surface area contributed by atoms with E-state index in [0.29, 0.717) is 17.3 Å². The van der Waals surface area contributed by atoms with Gasteiger partial charge in [0.25, 0.3) is 0 Å². The number of aromatic nitrogens is 4. The molecule has 18 heavy (non-hydrogen) atoms. The highest BCUT2D eigenvalue weighted by Gasteiger charge is 2.06. The second-order valence-electron chi connectivity index (χ2n) is 3.80. The second-order valence-corrected chi connectivity index (χ2v) is 4.19. The molecule has 0 atom stereocenters. The summed E-state index contributed by atoms with van der Waals surface area (Å²) in [6.45, 7) is 0.685. The van der Waals surface area contributed by atoms with Crippen molar-refractivity contribution in [3.63, 3.8) is 0 Å². The van der Waals surface area contributed by atoms with E-state index in [9.17, 15) is 0 Å². The molecule has 3 heterocycles. The molecule has 3 aromatic heterocycles. The van der Waals surface area contributed by atoms with Crippen LogP contribution in [0.1, 0.15) is 5.56 Å². The lowest BCUT2D eigenvalue weighted by molar-refractivity contribution is 1.13. The van der Waals surface area contributed by atoms with E-state index in [0.717, 1.165) is 16.8 Å². The summed E-state index contributed by atoms with van der Waals surface area (Å²) in [5.74, 6) is 0. The Hall–Kier alpha value is -2.14. The average molecular weight is 260 g/mol. The Kier molecular flexibility index (Phi) is 2.82. The number of anilines is 1. The van der Waals surface area contributed by atoms with Crippen molar-refractivity contribution in [2.24, 2.45) is 0 Å². The van der Waals surface area contributed by atoms with Crippen molar-refractivity contribution in [2.75, 3.05) is 5.32 Å². The van der Waals surface area contributed by atoms with Gasteiger partial charge in [-0.2, -0.15) is 0 Å². The van der Waals surface area contributed by atoms with E-state index in [1.807, 2.05) is 12.1 Å². The van der Waals surface area contributed by atoms with Gasteiger partial charge in [0.1, 0.15) is 10.7 Å². The van der Waals surface area contributed by atoms with Gasteiger partial charge in [0.05, 0.1) is 12.0 Å². The number of fused-ring (bicyclic) bond motifs is 1. The maximum Gasteiger partial charge on any atom is 0.161 e. The van der Waals surface area contributed by atoms with Gasteiger partial charge >= 0.3 is 0 Å². The van der Waals surface area contributed by atoms with Crippen LogP contribution in [0.4, 0.5) is 5.69 Å². The Morgan fingerprint density at radius 2 is 2.11 bits per heavy atom. The van der Waals surface area contributed by atoms with Gasteiger partial charge in [-0.25, -0.2) is 9.97 Å². The van der Waals surface area contributed by atoms with Gasteiger partial charge in [-0.15, -0.1) is 0 Å². The van der Waals surface area contributed by atoms with Crippen LogP contribution in [0, 0.1) is 0 Å². The van der Waals surface area contributed by atoms with E-state index in [1.165, 1.54) is 0 Å². The molecule has 0 bridgehead atoms. The molecule has 2 N–H and O–H groups in total. The van der Waals surface area contributed by atoms with Crippen molar-refractivity contribution in [2.45, 2.75) is 6.54 Å².